The van der Waals surface area contributed by atoms with Gasteiger partial charge < -0.3 is 0 Å². The third-order valence-corrected chi connectivity index (χ3v) is 4.54. The van der Waals surface area contributed by atoms with Crippen molar-refractivity contribution in [1.29, 1.82) is 0 Å². The van der Waals surface area contributed by atoms with Crippen LogP contribution >= 0.6 is 15.9 Å². The van der Waals surface area contributed by atoms with Crippen LogP contribution in [0.1, 0.15) is 49.0 Å². The van der Waals surface area contributed by atoms with Gasteiger partial charge >= 0.3 is 0 Å². The molecule has 2 aromatic rings. The zero-order chi connectivity index (χ0) is 14.7. The molecule has 0 amide bonds. The molecule has 1 aliphatic carbocycles. The van der Waals surface area contributed by atoms with E-state index in [0.717, 1.165) is 22.2 Å². The first kappa shape index (κ1) is 14.7. The highest BCUT2D eigenvalue weighted by atomic mass is 79.9. The van der Waals surface area contributed by atoms with E-state index in [1.165, 1.54) is 25.7 Å². The summed E-state index contributed by atoms with van der Waals surface area (Å²) in [5, 5.41) is 4.72. The van der Waals surface area contributed by atoms with E-state index < -0.39 is 0 Å². The van der Waals surface area contributed by atoms with Gasteiger partial charge in [0, 0.05) is 29.5 Å². The minimum Gasteiger partial charge on any atom is -0.271 e. The number of nitrogens with zero attached hydrogens (tertiary/aromatic N) is 3. The van der Waals surface area contributed by atoms with Gasteiger partial charge in [-0.1, -0.05) is 12.8 Å². The van der Waals surface area contributed by atoms with Crippen LogP contribution in [0.15, 0.2) is 35.2 Å². The largest absolute Gasteiger partial charge is 0.271 e. The first-order valence-corrected chi connectivity index (χ1v) is 8.16. The van der Waals surface area contributed by atoms with Crippen LogP contribution in [0.3, 0.4) is 0 Å². The molecule has 1 atom stereocenters. The van der Waals surface area contributed by atoms with Gasteiger partial charge in [-0.15, -0.1) is 0 Å². The van der Waals surface area contributed by atoms with Crippen LogP contribution in [0.5, 0.6) is 0 Å². The molecule has 2 aromatic heterocycles. The summed E-state index contributed by atoms with van der Waals surface area (Å²) in [5.74, 6) is 5.70. The Balaban J connectivity index is 1.72. The minimum atomic E-state index is 0.0157. The van der Waals surface area contributed by atoms with E-state index in [2.05, 4.69) is 43.3 Å². The fourth-order valence-electron chi connectivity index (χ4n) is 2.96. The topological polar surface area (TPSA) is 68.8 Å². The Morgan fingerprint density at radius 3 is 2.90 bits per heavy atom. The molecule has 0 aliphatic heterocycles. The summed E-state index contributed by atoms with van der Waals surface area (Å²) < 4.78 is 3.08. The monoisotopic (exact) mass is 349 g/mol. The summed E-state index contributed by atoms with van der Waals surface area (Å²) in [7, 11) is 0. The molecule has 0 aromatic carbocycles. The molecule has 0 spiro atoms. The summed E-state index contributed by atoms with van der Waals surface area (Å²) in [6.45, 7) is 0. The van der Waals surface area contributed by atoms with Gasteiger partial charge in [-0.05, 0) is 46.5 Å². The molecular formula is C15H20BrN5. The van der Waals surface area contributed by atoms with E-state index in [9.17, 15) is 0 Å². The Morgan fingerprint density at radius 2 is 2.19 bits per heavy atom. The summed E-state index contributed by atoms with van der Waals surface area (Å²) in [6, 6.07) is 4.72. The van der Waals surface area contributed by atoms with Crippen molar-refractivity contribution in [3.05, 3.63) is 46.5 Å². The lowest BCUT2D eigenvalue weighted by Crippen LogP contribution is -2.29. The molecule has 1 saturated carbocycles. The van der Waals surface area contributed by atoms with Crippen molar-refractivity contribution < 1.29 is 0 Å². The Kier molecular flexibility index (Phi) is 4.67. The van der Waals surface area contributed by atoms with Crippen molar-refractivity contribution in [1.82, 2.24) is 20.2 Å². The minimum absolute atomic E-state index is 0.0157. The molecule has 112 valence electrons. The molecule has 0 bridgehead atoms. The lowest BCUT2D eigenvalue weighted by molar-refractivity contribution is 0.457. The zero-order valence-electron chi connectivity index (χ0n) is 11.9. The van der Waals surface area contributed by atoms with Crippen molar-refractivity contribution in [3.8, 4) is 0 Å². The lowest BCUT2D eigenvalue weighted by Gasteiger charge is -2.15. The van der Waals surface area contributed by atoms with Crippen molar-refractivity contribution in [2.45, 2.75) is 44.2 Å². The summed E-state index contributed by atoms with van der Waals surface area (Å²) in [5.41, 5.74) is 4.98. The average molecular weight is 350 g/mol. The number of hydrogen-bond donors (Lipinski definition) is 2. The van der Waals surface area contributed by atoms with E-state index in [1.54, 1.807) is 6.20 Å². The second kappa shape index (κ2) is 6.68. The van der Waals surface area contributed by atoms with Crippen molar-refractivity contribution in [2.75, 3.05) is 0 Å². The fraction of sp³-hybridized carbons (Fsp3) is 0.467. The summed E-state index contributed by atoms with van der Waals surface area (Å²) >= 11 is 3.44. The number of nitrogens with one attached hydrogen (secondary N) is 1. The molecular weight excluding hydrogens is 330 g/mol. The van der Waals surface area contributed by atoms with Crippen LogP contribution < -0.4 is 11.3 Å². The molecule has 1 aliphatic rings. The number of rotatable bonds is 5. The predicted molar refractivity (Wildman–Crippen MR) is 85.4 cm³/mol. The van der Waals surface area contributed by atoms with E-state index >= 15 is 0 Å². The third-order valence-electron chi connectivity index (χ3n) is 4.11. The average Bonchev–Trinajstić information content (AvgIpc) is 3.15. The Labute approximate surface area is 133 Å². The van der Waals surface area contributed by atoms with Crippen molar-refractivity contribution >= 4 is 15.9 Å². The molecule has 2 heterocycles. The first-order chi connectivity index (χ1) is 10.3. The van der Waals surface area contributed by atoms with Gasteiger partial charge in [0.15, 0.2) is 0 Å². The van der Waals surface area contributed by atoms with Gasteiger partial charge in [0.2, 0.25) is 0 Å². The number of nitrogens with two attached hydrogens (primary N) is 1. The molecule has 3 N–H and O–H groups in total. The molecule has 0 radical (unpaired) electrons. The number of halogens is 1. The van der Waals surface area contributed by atoms with Crippen LogP contribution in [0, 0.1) is 0 Å². The zero-order valence-corrected chi connectivity index (χ0v) is 13.5. The molecule has 5 nitrogen and oxygen atoms in total. The smallest absolute Gasteiger partial charge is 0.0644 e. The van der Waals surface area contributed by atoms with Gasteiger partial charge in [-0.2, -0.15) is 5.10 Å². The van der Waals surface area contributed by atoms with Crippen LogP contribution in [0.4, 0.5) is 0 Å². The molecule has 1 unspecified atom stereocenters. The highest BCUT2D eigenvalue weighted by molar-refractivity contribution is 9.10. The standard InChI is InChI=1S/C15H20BrN5/c16-12-7-11(9-18-10-12)15(19-17)8-13-5-6-21(20-13)14-3-1-2-4-14/h5-7,9-10,14-15,19H,1-4,8,17H2. The lowest BCUT2D eigenvalue weighted by atomic mass is 10.1. The normalized spacial score (nSPS) is 17.2. The Morgan fingerprint density at radius 1 is 1.38 bits per heavy atom. The quantitative estimate of drug-likeness (QED) is 0.643. The number of hydrazine groups is 1. The number of pyridine rings is 1. The van der Waals surface area contributed by atoms with E-state index in [1.807, 2.05) is 12.3 Å². The molecule has 1 fully saturated rings. The summed E-state index contributed by atoms with van der Waals surface area (Å²) in [4.78, 5) is 4.19. The van der Waals surface area contributed by atoms with Gasteiger partial charge in [0.1, 0.15) is 0 Å². The number of aromatic nitrogens is 3. The molecule has 0 saturated heterocycles. The van der Waals surface area contributed by atoms with Crippen LogP contribution in [-0.4, -0.2) is 14.8 Å². The van der Waals surface area contributed by atoms with Crippen LogP contribution in [0.25, 0.3) is 0 Å². The van der Waals surface area contributed by atoms with Gasteiger partial charge in [-0.3, -0.25) is 20.9 Å². The van der Waals surface area contributed by atoms with Gasteiger partial charge in [0.25, 0.3) is 0 Å². The van der Waals surface area contributed by atoms with Gasteiger partial charge in [0.05, 0.1) is 17.8 Å². The maximum Gasteiger partial charge on any atom is 0.0644 e. The molecule has 6 heteroatoms. The SMILES string of the molecule is NNC(Cc1ccn(C2CCCC2)n1)c1cncc(Br)c1. The molecule has 21 heavy (non-hydrogen) atoms. The maximum atomic E-state index is 5.70. The predicted octanol–water partition coefficient (Wildman–Crippen LogP) is 2.90. The highest BCUT2D eigenvalue weighted by Crippen LogP contribution is 2.29. The second-order valence-corrected chi connectivity index (χ2v) is 6.50. The van der Waals surface area contributed by atoms with Crippen LogP contribution in [-0.2, 0) is 6.42 Å². The number of hydrogen-bond acceptors (Lipinski definition) is 4. The van der Waals surface area contributed by atoms with E-state index in [0.29, 0.717) is 6.04 Å². The van der Waals surface area contributed by atoms with E-state index in [-0.39, 0.29) is 6.04 Å². The van der Waals surface area contributed by atoms with Gasteiger partial charge in [-0.25, -0.2) is 0 Å². The highest BCUT2D eigenvalue weighted by Gasteiger charge is 2.19. The Bertz CT molecular complexity index is 591. The maximum absolute atomic E-state index is 5.70. The summed E-state index contributed by atoms with van der Waals surface area (Å²) in [6.07, 6.45) is 11.6. The first-order valence-electron chi connectivity index (χ1n) is 7.37. The van der Waals surface area contributed by atoms with E-state index in [4.69, 9.17) is 10.9 Å². The third kappa shape index (κ3) is 3.51. The van der Waals surface area contributed by atoms with Crippen molar-refractivity contribution in [2.24, 2.45) is 5.84 Å². The second-order valence-electron chi connectivity index (χ2n) is 5.59. The fourth-order valence-corrected chi connectivity index (χ4v) is 3.34. The Hall–Kier alpha value is -1.24. The molecule has 3 rings (SSSR count). The van der Waals surface area contributed by atoms with Crippen molar-refractivity contribution in [3.63, 3.8) is 0 Å². The van der Waals surface area contributed by atoms with Crippen LogP contribution in [0.2, 0.25) is 0 Å².